The lowest BCUT2D eigenvalue weighted by Gasteiger charge is -2.27. The van der Waals surface area contributed by atoms with Gasteiger partial charge in [0, 0.05) is 32.3 Å². The van der Waals surface area contributed by atoms with Gasteiger partial charge in [0.25, 0.3) is 0 Å². The number of halogens is 2. The van der Waals surface area contributed by atoms with Gasteiger partial charge in [-0.1, -0.05) is 6.07 Å². The molecular weight excluding hydrogens is 230 g/mol. The smallest absolute Gasteiger partial charge is 0.159 e. The highest BCUT2D eigenvalue weighted by Crippen LogP contribution is 2.29. The van der Waals surface area contributed by atoms with Crippen molar-refractivity contribution >= 4 is 0 Å². The quantitative estimate of drug-likeness (QED) is 0.809. The van der Waals surface area contributed by atoms with Gasteiger partial charge in [0.15, 0.2) is 6.29 Å². The standard InChI is InChI=1S/C12H16F2O3/c1-12(15,7-11(16-2)17-3)9-5-4-8(13)6-10(9)14/h4-6,11,15H,7H2,1-3H3. The Hall–Kier alpha value is -1.04. The molecule has 0 aliphatic carbocycles. The predicted molar refractivity (Wildman–Crippen MR) is 58.4 cm³/mol. The van der Waals surface area contributed by atoms with E-state index < -0.39 is 23.5 Å². The summed E-state index contributed by atoms with van der Waals surface area (Å²) in [5.41, 5.74) is -1.48. The molecule has 0 spiro atoms. The number of hydrogen-bond donors (Lipinski definition) is 1. The van der Waals surface area contributed by atoms with E-state index in [1.807, 2.05) is 0 Å². The van der Waals surface area contributed by atoms with Crippen molar-refractivity contribution in [3.8, 4) is 0 Å². The Morgan fingerprint density at radius 3 is 2.35 bits per heavy atom. The molecule has 0 aromatic heterocycles. The minimum Gasteiger partial charge on any atom is -0.385 e. The van der Waals surface area contributed by atoms with Crippen LogP contribution in [0.3, 0.4) is 0 Å². The third-order valence-corrected chi connectivity index (χ3v) is 2.60. The molecule has 3 nitrogen and oxygen atoms in total. The Morgan fingerprint density at radius 1 is 1.29 bits per heavy atom. The Kier molecular flexibility index (Phi) is 4.56. The maximum Gasteiger partial charge on any atom is 0.159 e. The molecule has 0 aliphatic rings. The van der Waals surface area contributed by atoms with Crippen LogP contribution in [0, 0.1) is 11.6 Å². The summed E-state index contributed by atoms with van der Waals surface area (Å²) in [4.78, 5) is 0. The molecule has 0 fully saturated rings. The van der Waals surface area contributed by atoms with E-state index in [9.17, 15) is 13.9 Å². The largest absolute Gasteiger partial charge is 0.385 e. The Morgan fingerprint density at radius 2 is 1.88 bits per heavy atom. The van der Waals surface area contributed by atoms with Gasteiger partial charge in [0.05, 0.1) is 5.60 Å². The van der Waals surface area contributed by atoms with Crippen molar-refractivity contribution in [2.45, 2.75) is 25.2 Å². The summed E-state index contributed by atoms with van der Waals surface area (Å²) < 4.78 is 36.2. The molecule has 0 saturated carbocycles. The highest BCUT2D eigenvalue weighted by Gasteiger charge is 2.30. The van der Waals surface area contributed by atoms with Crippen LogP contribution in [0.15, 0.2) is 18.2 Å². The fourth-order valence-electron chi connectivity index (χ4n) is 1.62. The Labute approximate surface area is 99.0 Å². The molecule has 1 aromatic carbocycles. The first-order valence-electron chi connectivity index (χ1n) is 5.14. The predicted octanol–water partition coefficient (Wildman–Crippen LogP) is 2.18. The molecule has 0 aliphatic heterocycles. The lowest BCUT2D eigenvalue weighted by molar-refractivity contribution is -0.142. The second-order valence-corrected chi connectivity index (χ2v) is 4.00. The average Bonchev–Trinajstić information content (AvgIpc) is 2.25. The van der Waals surface area contributed by atoms with E-state index >= 15 is 0 Å². The van der Waals surface area contributed by atoms with Crippen LogP contribution in [-0.2, 0) is 15.1 Å². The van der Waals surface area contributed by atoms with E-state index in [1.54, 1.807) is 0 Å². The molecule has 0 heterocycles. The first kappa shape index (κ1) is 14.0. The van der Waals surface area contributed by atoms with Crippen LogP contribution in [0.5, 0.6) is 0 Å². The number of rotatable bonds is 5. The fraction of sp³-hybridized carbons (Fsp3) is 0.500. The summed E-state index contributed by atoms with van der Waals surface area (Å²) >= 11 is 0. The second kappa shape index (κ2) is 5.53. The van der Waals surface area contributed by atoms with Crippen molar-refractivity contribution in [1.82, 2.24) is 0 Å². The molecule has 1 atom stereocenters. The summed E-state index contributed by atoms with van der Waals surface area (Å²) in [5, 5.41) is 10.2. The summed E-state index contributed by atoms with van der Waals surface area (Å²) in [5.74, 6) is -1.47. The zero-order valence-electron chi connectivity index (χ0n) is 10.0. The van der Waals surface area contributed by atoms with E-state index in [2.05, 4.69) is 0 Å². The van der Waals surface area contributed by atoms with Gasteiger partial charge in [0.1, 0.15) is 11.6 Å². The van der Waals surface area contributed by atoms with Gasteiger partial charge < -0.3 is 14.6 Å². The highest BCUT2D eigenvalue weighted by atomic mass is 19.1. The van der Waals surface area contributed by atoms with Gasteiger partial charge in [-0.15, -0.1) is 0 Å². The molecule has 5 heteroatoms. The summed E-state index contributed by atoms with van der Waals surface area (Å²) in [6, 6.07) is 3.05. The molecule has 1 unspecified atom stereocenters. The van der Waals surface area contributed by atoms with Gasteiger partial charge in [-0.3, -0.25) is 0 Å². The van der Waals surface area contributed by atoms with Crippen molar-refractivity contribution in [3.63, 3.8) is 0 Å². The van der Waals surface area contributed by atoms with Gasteiger partial charge in [0.2, 0.25) is 0 Å². The molecule has 0 saturated heterocycles. The Balaban J connectivity index is 2.95. The van der Waals surface area contributed by atoms with Crippen LogP contribution in [0.2, 0.25) is 0 Å². The number of hydrogen-bond acceptors (Lipinski definition) is 3. The van der Waals surface area contributed by atoms with E-state index in [4.69, 9.17) is 9.47 Å². The highest BCUT2D eigenvalue weighted by molar-refractivity contribution is 5.24. The summed E-state index contributed by atoms with van der Waals surface area (Å²) in [7, 11) is 2.84. The zero-order valence-corrected chi connectivity index (χ0v) is 10.0. The normalized spacial score (nSPS) is 15.0. The third kappa shape index (κ3) is 3.46. The van der Waals surface area contributed by atoms with Crippen molar-refractivity contribution in [2.75, 3.05) is 14.2 Å². The van der Waals surface area contributed by atoms with Crippen LogP contribution < -0.4 is 0 Å². The molecule has 96 valence electrons. The first-order chi connectivity index (χ1) is 7.90. The minimum absolute atomic E-state index is 0.0120. The number of ether oxygens (including phenoxy) is 2. The van der Waals surface area contributed by atoms with Gasteiger partial charge in [-0.05, 0) is 13.0 Å². The van der Waals surface area contributed by atoms with Crippen LogP contribution >= 0.6 is 0 Å². The van der Waals surface area contributed by atoms with Crippen LogP contribution in [-0.4, -0.2) is 25.6 Å². The molecular formula is C12H16F2O3. The number of aliphatic hydroxyl groups is 1. The number of methoxy groups -OCH3 is 2. The monoisotopic (exact) mass is 246 g/mol. The second-order valence-electron chi connectivity index (χ2n) is 4.00. The van der Waals surface area contributed by atoms with Gasteiger partial charge in [-0.2, -0.15) is 0 Å². The molecule has 1 rings (SSSR count). The maximum absolute atomic E-state index is 13.5. The fourth-order valence-corrected chi connectivity index (χ4v) is 1.62. The molecule has 1 aromatic rings. The molecule has 0 amide bonds. The van der Waals surface area contributed by atoms with Crippen molar-refractivity contribution in [1.29, 1.82) is 0 Å². The molecule has 0 bridgehead atoms. The maximum atomic E-state index is 13.5. The molecule has 1 N–H and O–H groups in total. The van der Waals surface area contributed by atoms with E-state index in [0.29, 0.717) is 0 Å². The Bertz CT molecular complexity index is 376. The molecule has 0 radical (unpaired) electrons. The van der Waals surface area contributed by atoms with E-state index in [0.717, 1.165) is 12.1 Å². The van der Waals surface area contributed by atoms with Gasteiger partial charge >= 0.3 is 0 Å². The van der Waals surface area contributed by atoms with Crippen LogP contribution in [0.4, 0.5) is 8.78 Å². The third-order valence-electron chi connectivity index (χ3n) is 2.60. The first-order valence-corrected chi connectivity index (χ1v) is 5.14. The number of benzene rings is 1. The lowest BCUT2D eigenvalue weighted by Crippen LogP contribution is -2.30. The summed E-state index contributed by atoms with van der Waals surface area (Å²) in [6.45, 7) is 1.42. The average molecular weight is 246 g/mol. The lowest BCUT2D eigenvalue weighted by atomic mass is 9.91. The van der Waals surface area contributed by atoms with Crippen molar-refractivity contribution in [3.05, 3.63) is 35.4 Å². The zero-order chi connectivity index (χ0) is 13.1. The summed E-state index contributed by atoms with van der Waals surface area (Å²) in [6.07, 6.45) is -0.614. The topological polar surface area (TPSA) is 38.7 Å². The van der Waals surface area contributed by atoms with E-state index in [-0.39, 0.29) is 12.0 Å². The van der Waals surface area contributed by atoms with Crippen LogP contribution in [0.25, 0.3) is 0 Å². The van der Waals surface area contributed by atoms with Crippen molar-refractivity contribution < 1.29 is 23.4 Å². The van der Waals surface area contributed by atoms with Gasteiger partial charge in [-0.25, -0.2) is 8.78 Å². The van der Waals surface area contributed by atoms with Crippen molar-refractivity contribution in [2.24, 2.45) is 0 Å². The minimum atomic E-state index is -1.49. The van der Waals surface area contributed by atoms with E-state index in [1.165, 1.54) is 27.2 Å². The molecule has 17 heavy (non-hydrogen) atoms. The SMILES string of the molecule is COC(CC(C)(O)c1ccc(F)cc1F)OC. The van der Waals surface area contributed by atoms with Crippen LogP contribution in [0.1, 0.15) is 18.9 Å².